The van der Waals surface area contributed by atoms with Crippen LogP contribution < -0.4 is 5.46 Å². The zero-order valence-electron chi connectivity index (χ0n) is 17.7. The second-order valence-electron chi connectivity index (χ2n) is 8.41. The van der Waals surface area contributed by atoms with Gasteiger partial charge in [-0.3, -0.25) is 4.68 Å². The Hall–Kier alpha value is -1.71. The second kappa shape index (κ2) is 8.20. The van der Waals surface area contributed by atoms with Crippen LogP contribution in [-0.4, -0.2) is 45.7 Å². The number of aryl methyl sites for hydroxylation is 1. The summed E-state index contributed by atoms with van der Waals surface area (Å²) in [4.78, 5) is 16.7. The Kier molecular flexibility index (Phi) is 6.22. The fourth-order valence-corrected chi connectivity index (χ4v) is 3.26. The highest BCUT2D eigenvalue weighted by molar-refractivity contribution is 9.10. The van der Waals surface area contributed by atoms with E-state index in [9.17, 15) is 4.79 Å². The molecule has 3 rings (SSSR count). The van der Waals surface area contributed by atoms with Crippen LogP contribution in [0.25, 0.3) is 0 Å². The Morgan fingerprint density at radius 2 is 1.97 bits per heavy atom. The van der Waals surface area contributed by atoms with E-state index >= 15 is 0 Å². The van der Waals surface area contributed by atoms with Crippen molar-refractivity contribution in [2.75, 3.05) is 6.61 Å². The Bertz CT molecular complexity index is 884. The molecular weight excluding hydrogens is 437 g/mol. The van der Waals surface area contributed by atoms with E-state index in [2.05, 4.69) is 26.0 Å². The summed E-state index contributed by atoms with van der Waals surface area (Å²) in [5.41, 5.74) is 1.03. The van der Waals surface area contributed by atoms with E-state index in [1.807, 2.05) is 58.5 Å². The maximum Gasteiger partial charge on any atom is 0.495 e. The predicted molar refractivity (Wildman–Crippen MR) is 114 cm³/mol. The molecule has 0 amide bonds. The van der Waals surface area contributed by atoms with E-state index in [4.69, 9.17) is 14.0 Å². The zero-order valence-corrected chi connectivity index (χ0v) is 19.3. The first-order valence-corrected chi connectivity index (χ1v) is 10.5. The molecule has 156 valence electrons. The lowest BCUT2D eigenvalue weighted by atomic mass is 9.76. The summed E-state index contributed by atoms with van der Waals surface area (Å²) in [6.45, 7) is 12.2. The van der Waals surface area contributed by atoms with Gasteiger partial charge in [-0.25, -0.2) is 9.78 Å². The van der Waals surface area contributed by atoms with Crippen LogP contribution in [0.15, 0.2) is 29.1 Å². The molecule has 9 heteroatoms. The molecular formula is C20H27BBrN3O4. The Balaban J connectivity index is 1.64. The third-order valence-electron chi connectivity index (χ3n) is 5.66. The average molecular weight is 464 g/mol. The van der Waals surface area contributed by atoms with Gasteiger partial charge in [-0.1, -0.05) is 0 Å². The fraction of sp³-hybridized carbons (Fsp3) is 0.550. The van der Waals surface area contributed by atoms with Crippen molar-refractivity contribution in [2.45, 2.75) is 65.2 Å². The third-order valence-corrected chi connectivity index (χ3v) is 6.08. The summed E-state index contributed by atoms with van der Waals surface area (Å²) in [6, 6.07) is 3.68. The van der Waals surface area contributed by atoms with Crippen LogP contribution >= 0.6 is 15.9 Å². The minimum absolute atomic E-state index is 0.111. The molecule has 2 aromatic heterocycles. The minimum atomic E-state index is -0.548. The van der Waals surface area contributed by atoms with Crippen LogP contribution in [0, 0.1) is 6.92 Å². The van der Waals surface area contributed by atoms with Gasteiger partial charge >= 0.3 is 13.1 Å². The number of ether oxygens (including phenoxy) is 1. The van der Waals surface area contributed by atoms with Crippen LogP contribution in [0.1, 0.15) is 63.1 Å². The molecule has 0 aromatic carbocycles. The number of halogens is 1. The van der Waals surface area contributed by atoms with Crippen molar-refractivity contribution < 1.29 is 18.8 Å². The highest BCUT2D eigenvalue weighted by Crippen LogP contribution is 2.36. The summed E-state index contributed by atoms with van der Waals surface area (Å²) in [5.74, 6) is -0.461. The van der Waals surface area contributed by atoms with Crippen molar-refractivity contribution in [3.63, 3.8) is 0 Å². The first-order chi connectivity index (χ1) is 13.5. The maximum absolute atomic E-state index is 12.5. The normalized spacial score (nSPS) is 18.7. The van der Waals surface area contributed by atoms with Crippen LogP contribution in [0.2, 0.25) is 0 Å². The van der Waals surface area contributed by atoms with Gasteiger partial charge in [0.05, 0.1) is 23.9 Å². The molecule has 1 atom stereocenters. The first kappa shape index (κ1) is 22.0. The van der Waals surface area contributed by atoms with Crippen LogP contribution in [0.4, 0.5) is 0 Å². The van der Waals surface area contributed by atoms with Crippen molar-refractivity contribution in [2.24, 2.45) is 0 Å². The van der Waals surface area contributed by atoms with Crippen molar-refractivity contribution in [3.8, 4) is 0 Å². The minimum Gasteiger partial charge on any atom is -0.461 e. The molecule has 1 fully saturated rings. The first-order valence-electron chi connectivity index (χ1n) is 9.70. The molecule has 3 heterocycles. The van der Waals surface area contributed by atoms with Gasteiger partial charge in [0, 0.05) is 18.8 Å². The van der Waals surface area contributed by atoms with Crippen LogP contribution in [0.5, 0.6) is 0 Å². The number of aromatic nitrogens is 3. The largest absolute Gasteiger partial charge is 0.495 e. The van der Waals surface area contributed by atoms with Gasteiger partial charge in [-0.2, -0.15) is 5.10 Å². The quantitative estimate of drug-likeness (QED) is 0.482. The van der Waals surface area contributed by atoms with E-state index in [-0.39, 0.29) is 18.3 Å². The number of esters is 1. The molecule has 0 N–H and O–H groups in total. The number of hydrogen-bond donors (Lipinski definition) is 0. The Morgan fingerprint density at radius 3 is 2.55 bits per heavy atom. The van der Waals surface area contributed by atoms with Gasteiger partial charge in [0.1, 0.15) is 10.3 Å². The summed E-state index contributed by atoms with van der Waals surface area (Å²) >= 11 is 3.33. The third kappa shape index (κ3) is 4.73. The summed E-state index contributed by atoms with van der Waals surface area (Å²) in [6.07, 6.45) is 4.19. The molecule has 0 radical (unpaired) electrons. The number of nitrogens with zero attached hydrogens (tertiary/aromatic N) is 3. The summed E-state index contributed by atoms with van der Waals surface area (Å²) in [5, 5.41) is 4.31. The summed E-state index contributed by atoms with van der Waals surface area (Å²) < 4.78 is 20.3. The van der Waals surface area contributed by atoms with Gasteiger partial charge in [0.15, 0.2) is 0 Å². The van der Waals surface area contributed by atoms with E-state index < -0.39 is 24.3 Å². The van der Waals surface area contributed by atoms with Crippen molar-refractivity contribution >= 4 is 34.5 Å². The molecule has 0 aliphatic carbocycles. The van der Waals surface area contributed by atoms with Gasteiger partial charge in [-0.05, 0) is 80.6 Å². The van der Waals surface area contributed by atoms with Gasteiger partial charge in [0.25, 0.3) is 0 Å². The monoisotopic (exact) mass is 463 g/mol. The molecule has 1 unspecified atom stereocenters. The van der Waals surface area contributed by atoms with E-state index in [1.54, 1.807) is 12.3 Å². The van der Waals surface area contributed by atoms with Crippen LogP contribution in [-0.2, 0) is 14.0 Å². The zero-order chi connectivity index (χ0) is 21.4. The SMILES string of the molecule is Cc1cnc(C(=O)OCCC(C)n2ccc(Br)n2)cc1B1OC(C)(C)C(C)(C)O1. The molecule has 1 aliphatic rings. The number of hydrogen-bond acceptors (Lipinski definition) is 6. The van der Waals surface area contributed by atoms with E-state index in [1.165, 1.54) is 0 Å². The maximum atomic E-state index is 12.5. The Labute approximate surface area is 180 Å². The van der Waals surface area contributed by atoms with Crippen molar-refractivity contribution in [1.82, 2.24) is 14.8 Å². The number of rotatable bonds is 6. The molecule has 29 heavy (non-hydrogen) atoms. The van der Waals surface area contributed by atoms with Gasteiger partial charge in [0.2, 0.25) is 0 Å². The molecule has 7 nitrogen and oxygen atoms in total. The molecule has 0 bridgehead atoms. The lowest BCUT2D eigenvalue weighted by Crippen LogP contribution is -2.41. The van der Waals surface area contributed by atoms with Crippen molar-refractivity contribution in [3.05, 3.63) is 40.4 Å². The Morgan fingerprint density at radius 1 is 1.31 bits per heavy atom. The molecule has 0 spiro atoms. The second-order valence-corrected chi connectivity index (χ2v) is 9.22. The lowest BCUT2D eigenvalue weighted by molar-refractivity contribution is 0.00578. The highest BCUT2D eigenvalue weighted by atomic mass is 79.9. The van der Waals surface area contributed by atoms with E-state index in [0.29, 0.717) is 6.42 Å². The molecule has 1 saturated heterocycles. The van der Waals surface area contributed by atoms with Gasteiger partial charge in [-0.15, -0.1) is 0 Å². The topological polar surface area (TPSA) is 75.5 Å². The fourth-order valence-electron chi connectivity index (χ4n) is 2.96. The predicted octanol–water partition coefficient (Wildman–Crippen LogP) is 3.46. The highest BCUT2D eigenvalue weighted by Gasteiger charge is 2.52. The van der Waals surface area contributed by atoms with E-state index in [0.717, 1.165) is 15.6 Å². The van der Waals surface area contributed by atoms with Crippen LogP contribution in [0.3, 0.4) is 0 Å². The van der Waals surface area contributed by atoms with Gasteiger partial charge < -0.3 is 14.0 Å². The molecule has 0 saturated carbocycles. The summed E-state index contributed by atoms with van der Waals surface area (Å²) in [7, 11) is -0.548. The molecule has 1 aliphatic heterocycles. The number of carbonyl (C=O) groups excluding carboxylic acids is 1. The molecule has 2 aromatic rings. The average Bonchev–Trinajstić information content (AvgIpc) is 3.15. The smallest absolute Gasteiger partial charge is 0.461 e. The number of pyridine rings is 1. The number of carbonyl (C=O) groups is 1. The van der Waals surface area contributed by atoms with Crippen molar-refractivity contribution in [1.29, 1.82) is 0 Å². The standard InChI is InChI=1S/C20H27BBrN3O4/c1-13-12-23-16(11-15(13)21-28-19(3,4)20(5,6)29-21)18(26)27-10-8-14(2)25-9-7-17(22)24-25/h7,9,11-12,14H,8,10H2,1-6H3. The lowest BCUT2D eigenvalue weighted by Gasteiger charge is -2.32.